The van der Waals surface area contributed by atoms with Gasteiger partial charge in [-0.25, -0.2) is 4.79 Å². The lowest BCUT2D eigenvalue weighted by molar-refractivity contribution is 0.0600. The van der Waals surface area contributed by atoms with Gasteiger partial charge in [0.15, 0.2) is 0 Å². The van der Waals surface area contributed by atoms with Gasteiger partial charge in [0, 0.05) is 47.8 Å². The maximum atomic E-state index is 12.2. The minimum absolute atomic E-state index is 0.341. The van der Waals surface area contributed by atoms with Crippen molar-refractivity contribution in [3.05, 3.63) is 58.4 Å². The fourth-order valence-corrected chi connectivity index (χ4v) is 5.07. The Morgan fingerprint density at radius 2 is 1.94 bits per heavy atom. The van der Waals surface area contributed by atoms with E-state index in [0.717, 1.165) is 43.5 Å². The second-order valence-electron chi connectivity index (χ2n) is 8.47. The fraction of sp³-hybridized carbons (Fsp3) is 0.520. The number of aromatic nitrogens is 1. The van der Waals surface area contributed by atoms with E-state index < -0.39 is 0 Å². The molecular weight excluding hydrogens is 410 g/mol. The summed E-state index contributed by atoms with van der Waals surface area (Å²) < 4.78 is 4.96. The molecule has 1 atom stereocenters. The van der Waals surface area contributed by atoms with Gasteiger partial charge in [-0.2, -0.15) is 0 Å². The number of rotatable bonds is 7. The summed E-state index contributed by atoms with van der Waals surface area (Å²) in [5, 5.41) is 0.568. The lowest BCUT2D eigenvalue weighted by Crippen LogP contribution is -2.44. The Morgan fingerprint density at radius 1 is 1.26 bits per heavy atom. The number of carbonyl (C=O) groups excluding carboxylic acids is 1. The van der Waals surface area contributed by atoms with Gasteiger partial charge in [0.25, 0.3) is 0 Å². The molecule has 1 fully saturated rings. The number of methoxy groups -OCH3 is 1. The van der Waals surface area contributed by atoms with Crippen molar-refractivity contribution in [1.29, 1.82) is 0 Å². The first-order chi connectivity index (χ1) is 14.9. The number of esters is 1. The van der Waals surface area contributed by atoms with Gasteiger partial charge in [0.1, 0.15) is 0 Å². The lowest BCUT2D eigenvalue weighted by atomic mass is 9.87. The Bertz CT molecular complexity index is 882. The molecule has 0 N–H and O–H groups in total. The van der Waals surface area contributed by atoms with Gasteiger partial charge in [0.2, 0.25) is 0 Å². The molecule has 168 valence electrons. The first-order valence-electron chi connectivity index (χ1n) is 11.1. The van der Waals surface area contributed by atoms with Gasteiger partial charge in [-0.15, -0.1) is 0 Å². The van der Waals surface area contributed by atoms with Gasteiger partial charge < -0.3 is 9.64 Å². The Balaban J connectivity index is 1.72. The fourth-order valence-electron chi connectivity index (χ4n) is 4.86. The highest BCUT2D eigenvalue weighted by molar-refractivity contribution is 6.31. The number of ether oxygens (including phenoxy) is 1. The molecule has 0 amide bonds. The highest BCUT2D eigenvalue weighted by Crippen LogP contribution is 2.35. The molecule has 0 bridgehead atoms. The van der Waals surface area contributed by atoms with Crippen LogP contribution in [0.1, 0.15) is 67.1 Å². The highest BCUT2D eigenvalue weighted by Gasteiger charge is 2.30. The second-order valence-corrected chi connectivity index (χ2v) is 8.90. The van der Waals surface area contributed by atoms with Crippen molar-refractivity contribution in [2.75, 3.05) is 25.6 Å². The van der Waals surface area contributed by atoms with E-state index in [4.69, 9.17) is 16.3 Å². The Hall–Kier alpha value is -2.11. The van der Waals surface area contributed by atoms with E-state index in [9.17, 15) is 4.79 Å². The lowest BCUT2D eigenvalue weighted by Gasteiger charge is -2.42. The number of halogens is 1. The van der Waals surface area contributed by atoms with Crippen LogP contribution < -0.4 is 4.90 Å². The molecule has 0 aliphatic heterocycles. The molecule has 1 aromatic heterocycles. The van der Waals surface area contributed by atoms with Crippen molar-refractivity contribution >= 4 is 23.3 Å². The largest absolute Gasteiger partial charge is 0.465 e. The third-order valence-electron chi connectivity index (χ3n) is 6.86. The van der Waals surface area contributed by atoms with Crippen LogP contribution in [0.5, 0.6) is 0 Å². The predicted molar refractivity (Wildman–Crippen MR) is 127 cm³/mol. The molecule has 0 spiro atoms. The Kier molecular flexibility index (Phi) is 7.95. The summed E-state index contributed by atoms with van der Waals surface area (Å²) in [6.45, 7) is 7.28. The zero-order valence-corrected chi connectivity index (χ0v) is 20.0. The van der Waals surface area contributed by atoms with Crippen LogP contribution in [0.2, 0.25) is 5.02 Å². The van der Waals surface area contributed by atoms with E-state index in [1.807, 2.05) is 31.5 Å². The second kappa shape index (κ2) is 10.5. The highest BCUT2D eigenvalue weighted by atomic mass is 35.5. The molecule has 3 rings (SSSR count). The summed E-state index contributed by atoms with van der Waals surface area (Å²) in [6.07, 6.45) is 8.30. The summed E-state index contributed by atoms with van der Waals surface area (Å²) in [7, 11) is 3.63. The normalized spacial score (nSPS) is 19.8. The smallest absolute Gasteiger partial charge is 0.338 e. The zero-order valence-electron chi connectivity index (χ0n) is 19.3. The number of pyridine rings is 1. The molecule has 1 saturated carbocycles. The van der Waals surface area contributed by atoms with Crippen molar-refractivity contribution < 1.29 is 9.53 Å². The number of hydrogen-bond acceptors (Lipinski definition) is 5. The number of nitrogens with zero attached hydrogens (tertiary/aromatic N) is 3. The van der Waals surface area contributed by atoms with E-state index in [1.54, 1.807) is 6.07 Å². The average molecular weight is 444 g/mol. The van der Waals surface area contributed by atoms with Crippen molar-refractivity contribution in [1.82, 2.24) is 9.88 Å². The molecule has 2 aromatic rings. The predicted octanol–water partition coefficient (Wildman–Crippen LogP) is 5.66. The van der Waals surface area contributed by atoms with Crippen LogP contribution in [0.25, 0.3) is 0 Å². The summed E-state index contributed by atoms with van der Waals surface area (Å²) in [4.78, 5) is 21.4. The van der Waals surface area contributed by atoms with E-state index in [2.05, 4.69) is 41.7 Å². The standard InChI is InChI=1S/C25H34ClN3O2/c1-6-29(24-15-20(26)14-23(17(24)2)25(30)31-5)22-11-9-21(10-12-22)28(4)18(3)19-8-7-13-27-16-19/h7-8,13-16,18,21-22H,6,9-12H2,1-5H3/t18?,21-,22-. The third kappa shape index (κ3) is 5.21. The molecule has 1 aliphatic carbocycles. The monoisotopic (exact) mass is 443 g/mol. The van der Waals surface area contributed by atoms with Gasteiger partial charge in [0.05, 0.1) is 12.7 Å². The van der Waals surface area contributed by atoms with Crippen molar-refractivity contribution in [3.63, 3.8) is 0 Å². The molecular formula is C25H34ClN3O2. The van der Waals surface area contributed by atoms with Crippen LogP contribution in [-0.4, -0.2) is 48.6 Å². The third-order valence-corrected chi connectivity index (χ3v) is 7.08. The van der Waals surface area contributed by atoms with Gasteiger partial charge in [-0.3, -0.25) is 9.88 Å². The van der Waals surface area contributed by atoms with Crippen molar-refractivity contribution in [3.8, 4) is 0 Å². The Morgan fingerprint density at radius 3 is 2.52 bits per heavy atom. The van der Waals surface area contributed by atoms with Crippen LogP contribution in [0.3, 0.4) is 0 Å². The number of benzene rings is 1. The minimum atomic E-state index is -0.341. The van der Waals surface area contributed by atoms with Crippen LogP contribution in [0, 0.1) is 6.92 Å². The van der Waals surface area contributed by atoms with Crippen LogP contribution in [0.15, 0.2) is 36.7 Å². The summed E-state index contributed by atoms with van der Waals surface area (Å²) in [6, 6.07) is 9.17. The zero-order chi connectivity index (χ0) is 22.5. The van der Waals surface area contributed by atoms with E-state index in [1.165, 1.54) is 12.7 Å². The summed E-state index contributed by atoms with van der Waals surface area (Å²) in [5.41, 5.74) is 3.77. The molecule has 0 radical (unpaired) electrons. The quantitative estimate of drug-likeness (QED) is 0.516. The number of carbonyl (C=O) groups is 1. The summed E-state index contributed by atoms with van der Waals surface area (Å²) >= 11 is 6.37. The minimum Gasteiger partial charge on any atom is -0.465 e. The number of anilines is 1. The maximum Gasteiger partial charge on any atom is 0.338 e. The molecule has 0 saturated heterocycles. The van der Waals surface area contributed by atoms with Crippen molar-refractivity contribution in [2.24, 2.45) is 0 Å². The molecule has 1 aliphatic rings. The van der Waals surface area contributed by atoms with Crippen molar-refractivity contribution in [2.45, 2.75) is 64.6 Å². The topological polar surface area (TPSA) is 45.7 Å². The maximum absolute atomic E-state index is 12.2. The van der Waals surface area contributed by atoms with Crippen LogP contribution in [-0.2, 0) is 4.74 Å². The Labute approximate surface area is 191 Å². The first kappa shape index (κ1) is 23.6. The van der Waals surface area contributed by atoms with E-state index in [-0.39, 0.29) is 5.97 Å². The molecule has 6 heteroatoms. The van der Waals surface area contributed by atoms with Gasteiger partial charge in [-0.1, -0.05) is 17.7 Å². The molecule has 5 nitrogen and oxygen atoms in total. The number of hydrogen-bond donors (Lipinski definition) is 0. The molecule has 31 heavy (non-hydrogen) atoms. The molecule has 1 aromatic carbocycles. The van der Waals surface area contributed by atoms with Crippen LogP contribution >= 0.6 is 11.6 Å². The van der Waals surface area contributed by atoms with Gasteiger partial charge in [-0.05, 0) is 82.8 Å². The average Bonchev–Trinajstić information content (AvgIpc) is 2.81. The molecule has 1 unspecified atom stereocenters. The SMILES string of the molecule is CCN(c1cc(Cl)cc(C(=O)OC)c1C)[C@H]1CC[C@H](N(C)C(C)c2cccnc2)CC1. The summed E-state index contributed by atoms with van der Waals surface area (Å²) in [5.74, 6) is -0.341. The molecule has 1 heterocycles. The first-order valence-corrected chi connectivity index (χ1v) is 11.5. The van der Waals surface area contributed by atoms with Crippen LogP contribution in [0.4, 0.5) is 5.69 Å². The van der Waals surface area contributed by atoms with E-state index >= 15 is 0 Å². The van der Waals surface area contributed by atoms with E-state index in [0.29, 0.717) is 28.7 Å². The van der Waals surface area contributed by atoms with Gasteiger partial charge >= 0.3 is 5.97 Å².